The fourth-order valence-electron chi connectivity index (χ4n) is 2.17. The number of rotatable bonds is 5. The van der Waals surface area contributed by atoms with Crippen molar-refractivity contribution in [2.75, 3.05) is 23.9 Å². The highest BCUT2D eigenvalue weighted by Gasteiger charge is 2.11. The van der Waals surface area contributed by atoms with E-state index in [-0.39, 0.29) is 0 Å². The molecule has 0 aliphatic carbocycles. The van der Waals surface area contributed by atoms with Crippen molar-refractivity contribution in [1.82, 2.24) is 19.4 Å². The van der Waals surface area contributed by atoms with Crippen molar-refractivity contribution in [2.45, 2.75) is 6.42 Å². The van der Waals surface area contributed by atoms with E-state index in [4.69, 9.17) is 5.84 Å². The number of pyridine rings is 1. The Labute approximate surface area is 122 Å². The average molecular weight is 283 g/mol. The minimum Gasteiger partial charge on any atom is -0.356 e. The molecule has 0 radical (unpaired) electrons. The molecule has 0 unspecified atom stereocenters. The summed E-state index contributed by atoms with van der Waals surface area (Å²) in [6.07, 6.45) is 8.06. The number of nitrogens with one attached hydrogen (secondary N) is 1. The van der Waals surface area contributed by atoms with Crippen molar-refractivity contribution in [3.05, 3.63) is 48.7 Å². The molecule has 0 saturated heterocycles. The lowest BCUT2D eigenvalue weighted by atomic mass is 10.2. The fourth-order valence-corrected chi connectivity index (χ4v) is 2.17. The number of nitrogen functional groups attached to an aromatic ring is 1. The normalized spacial score (nSPS) is 10.8. The lowest BCUT2D eigenvalue weighted by Crippen LogP contribution is -2.23. The number of anilines is 2. The van der Waals surface area contributed by atoms with Crippen molar-refractivity contribution < 1.29 is 0 Å². The maximum absolute atomic E-state index is 5.47. The molecule has 21 heavy (non-hydrogen) atoms. The van der Waals surface area contributed by atoms with E-state index >= 15 is 0 Å². The summed E-state index contributed by atoms with van der Waals surface area (Å²) in [5, 5.41) is 0. The summed E-state index contributed by atoms with van der Waals surface area (Å²) in [4.78, 5) is 15.2. The van der Waals surface area contributed by atoms with Crippen LogP contribution in [0.4, 0.5) is 11.6 Å². The first-order chi connectivity index (χ1) is 10.3. The summed E-state index contributed by atoms with van der Waals surface area (Å²) in [5.41, 5.74) is 4.44. The van der Waals surface area contributed by atoms with Crippen LogP contribution in [-0.4, -0.2) is 32.9 Å². The summed E-state index contributed by atoms with van der Waals surface area (Å²) in [6, 6.07) is 5.93. The van der Waals surface area contributed by atoms with E-state index in [1.807, 2.05) is 35.8 Å². The van der Waals surface area contributed by atoms with Crippen LogP contribution in [0.3, 0.4) is 0 Å². The number of hydrazine groups is 1. The minimum absolute atomic E-state index is 0.597. The van der Waals surface area contributed by atoms with Crippen molar-refractivity contribution in [2.24, 2.45) is 5.84 Å². The monoisotopic (exact) mass is 283 g/mol. The fraction of sp³-hybridized carbons (Fsp3) is 0.214. The Kier molecular flexibility index (Phi) is 3.65. The van der Waals surface area contributed by atoms with Crippen LogP contribution >= 0.6 is 0 Å². The van der Waals surface area contributed by atoms with Crippen molar-refractivity contribution in [3.8, 4) is 0 Å². The average Bonchev–Trinajstić information content (AvgIpc) is 3.01. The first-order valence-electron chi connectivity index (χ1n) is 6.69. The number of likely N-dealkylation sites (N-methyl/N-ethyl adjacent to an activating group) is 1. The van der Waals surface area contributed by atoms with Gasteiger partial charge in [0.1, 0.15) is 0 Å². The summed E-state index contributed by atoms with van der Waals surface area (Å²) >= 11 is 0. The Bertz CT molecular complexity index is 723. The van der Waals surface area contributed by atoms with Gasteiger partial charge in [-0.3, -0.25) is 4.98 Å². The van der Waals surface area contributed by atoms with Gasteiger partial charge in [0, 0.05) is 44.3 Å². The molecule has 7 nitrogen and oxygen atoms in total. The number of hydrogen-bond donors (Lipinski definition) is 2. The third-order valence-corrected chi connectivity index (χ3v) is 3.30. The smallest absolute Gasteiger partial charge is 0.180 e. The van der Waals surface area contributed by atoms with E-state index < -0.39 is 0 Å². The maximum atomic E-state index is 5.47. The molecule has 108 valence electrons. The molecule has 3 aromatic rings. The van der Waals surface area contributed by atoms with Gasteiger partial charge in [-0.1, -0.05) is 6.07 Å². The molecule has 0 atom stereocenters. The third kappa shape index (κ3) is 2.77. The van der Waals surface area contributed by atoms with Crippen LogP contribution in [0.1, 0.15) is 5.69 Å². The number of hydrogen-bond acceptors (Lipinski definition) is 6. The maximum Gasteiger partial charge on any atom is 0.180 e. The molecule has 7 heteroatoms. The molecule has 0 amide bonds. The molecule has 3 rings (SSSR count). The van der Waals surface area contributed by atoms with Crippen LogP contribution in [0.15, 0.2) is 43.0 Å². The predicted molar refractivity (Wildman–Crippen MR) is 82.0 cm³/mol. The van der Waals surface area contributed by atoms with E-state index in [1.165, 1.54) is 0 Å². The van der Waals surface area contributed by atoms with Crippen molar-refractivity contribution in [3.63, 3.8) is 0 Å². The second-order valence-corrected chi connectivity index (χ2v) is 4.74. The first-order valence-corrected chi connectivity index (χ1v) is 6.69. The van der Waals surface area contributed by atoms with Gasteiger partial charge in [-0.05, 0) is 12.1 Å². The Morgan fingerprint density at radius 3 is 2.95 bits per heavy atom. The van der Waals surface area contributed by atoms with Gasteiger partial charge in [0.15, 0.2) is 17.3 Å². The van der Waals surface area contributed by atoms with Crippen LogP contribution < -0.4 is 16.2 Å². The topological polar surface area (TPSA) is 84.4 Å². The molecule has 3 N–H and O–H groups in total. The van der Waals surface area contributed by atoms with Gasteiger partial charge in [0.25, 0.3) is 0 Å². The zero-order chi connectivity index (χ0) is 14.7. The molecule has 0 bridgehead atoms. The van der Waals surface area contributed by atoms with E-state index in [0.29, 0.717) is 5.82 Å². The van der Waals surface area contributed by atoms with E-state index in [1.54, 1.807) is 18.6 Å². The van der Waals surface area contributed by atoms with Crippen LogP contribution in [-0.2, 0) is 6.42 Å². The Morgan fingerprint density at radius 2 is 2.19 bits per heavy atom. The molecule has 0 aliphatic heterocycles. The Morgan fingerprint density at radius 1 is 1.29 bits per heavy atom. The van der Waals surface area contributed by atoms with Crippen LogP contribution in [0.5, 0.6) is 0 Å². The molecule has 3 aromatic heterocycles. The van der Waals surface area contributed by atoms with Crippen LogP contribution in [0, 0.1) is 0 Å². The first kappa shape index (κ1) is 13.3. The SMILES string of the molecule is CN(CCc1ccccn1)c1nc(NN)cn2ccnc12. The number of nitrogens with two attached hydrogens (primary N) is 1. The van der Waals surface area contributed by atoms with Crippen molar-refractivity contribution in [1.29, 1.82) is 0 Å². The van der Waals surface area contributed by atoms with Crippen LogP contribution in [0.25, 0.3) is 5.65 Å². The van der Waals surface area contributed by atoms with Gasteiger partial charge < -0.3 is 14.7 Å². The van der Waals surface area contributed by atoms with Gasteiger partial charge in [-0.15, -0.1) is 0 Å². The molecule has 0 saturated carbocycles. The van der Waals surface area contributed by atoms with Gasteiger partial charge >= 0.3 is 0 Å². The molecule has 0 aromatic carbocycles. The lowest BCUT2D eigenvalue weighted by molar-refractivity contribution is 0.837. The number of aromatic nitrogens is 4. The molecule has 0 aliphatic rings. The van der Waals surface area contributed by atoms with E-state index in [9.17, 15) is 0 Å². The Balaban J connectivity index is 1.83. The molecule has 0 fully saturated rings. The number of nitrogens with zero attached hydrogens (tertiary/aromatic N) is 5. The highest BCUT2D eigenvalue weighted by Crippen LogP contribution is 2.19. The van der Waals surface area contributed by atoms with Crippen LogP contribution in [0.2, 0.25) is 0 Å². The van der Waals surface area contributed by atoms with Gasteiger partial charge in [0.05, 0.1) is 6.20 Å². The highest BCUT2D eigenvalue weighted by molar-refractivity contribution is 5.66. The molecular weight excluding hydrogens is 266 g/mol. The van der Waals surface area contributed by atoms with Gasteiger partial charge in [0.2, 0.25) is 0 Å². The third-order valence-electron chi connectivity index (χ3n) is 3.30. The van der Waals surface area contributed by atoms with E-state index in [0.717, 1.165) is 30.1 Å². The molecular formula is C14H17N7. The Hall–Kier alpha value is -2.67. The van der Waals surface area contributed by atoms with E-state index in [2.05, 4.69) is 25.3 Å². The van der Waals surface area contributed by atoms with Crippen molar-refractivity contribution >= 4 is 17.3 Å². The molecule has 0 spiro atoms. The zero-order valence-corrected chi connectivity index (χ0v) is 11.8. The minimum atomic E-state index is 0.597. The summed E-state index contributed by atoms with van der Waals surface area (Å²) in [7, 11) is 1.99. The van der Waals surface area contributed by atoms with Gasteiger partial charge in [-0.25, -0.2) is 15.8 Å². The second kappa shape index (κ2) is 5.76. The zero-order valence-electron chi connectivity index (χ0n) is 11.8. The number of imidazole rings is 1. The summed E-state index contributed by atoms with van der Waals surface area (Å²) in [5.74, 6) is 6.85. The van der Waals surface area contributed by atoms with Gasteiger partial charge in [-0.2, -0.15) is 0 Å². The quantitative estimate of drug-likeness (QED) is 0.538. The predicted octanol–water partition coefficient (Wildman–Crippen LogP) is 1.09. The number of fused-ring (bicyclic) bond motifs is 1. The second-order valence-electron chi connectivity index (χ2n) is 4.74. The lowest BCUT2D eigenvalue weighted by Gasteiger charge is -2.19. The largest absolute Gasteiger partial charge is 0.356 e. The summed E-state index contributed by atoms with van der Waals surface area (Å²) in [6.45, 7) is 0.792. The molecule has 3 heterocycles. The highest BCUT2D eigenvalue weighted by atomic mass is 15.3. The summed E-state index contributed by atoms with van der Waals surface area (Å²) < 4.78 is 1.90. The standard InChI is InChI=1S/C14H17N7/c1-20(8-5-11-4-2-3-6-16-11)14-13-17-7-9-21(13)10-12(18-14)19-15/h2-4,6-7,9-10,19H,5,8,15H2,1H3.